The maximum atomic E-state index is 14.8. The van der Waals surface area contributed by atoms with E-state index >= 15 is 0 Å². The third kappa shape index (κ3) is 5.90. The maximum Gasteiger partial charge on any atom is 0.417 e. The van der Waals surface area contributed by atoms with Crippen LogP contribution in [0.1, 0.15) is 69.4 Å². The highest BCUT2D eigenvalue weighted by Gasteiger charge is 2.42. The molecule has 0 fully saturated rings. The molecule has 0 bridgehead atoms. The van der Waals surface area contributed by atoms with Crippen LogP contribution in [0.25, 0.3) is 66.1 Å². The molecule has 0 spiro atoms. The van der Waals surface area contributed by atoms with E-state index in [-0.39, 0.29) is 16.4 Å². The fraction of sp³-hybridized carbons (Fsp3) is 0.213. The second-order valence-corrected chi connectivity index (χ2v) is 16.4. The molecule has 0 aliphatic carbocycles. The summed E-state index contributed by atoms with van der Waals surface area (Å²) in [5.74, 6) is 0. The Labute approximate surface area is 320 Å². The largest absolute Gasteiger partial charge is 0.417 e. The summed E-state index contributed by atoms with van der Waals surface area (Å²) in [6.45, 7) is 12.5. The van der Waals surface area contributed by atoms with E-state index in [1.54, 1.807) is 0 Å². The summed E-state index contributed by atoms with van der Waals surface area (Å²) in [6.07, 6.45) is -10.3. The Morgan fingerprint density at radius 2 is 0.875 bits per heavy atom. The summed E-state index contributed by atoms with van der Waals surface area (Å²) in [7, 11) is 0. The normalized spacial score (nSPS) is 13.0. The van der Waals surface area contributed by atoms with Gasteiger partial charge in [0.15, 0.2) is 0 Å². The van der Waals surface area contributed by atoms with Crippen LogP contribution < -0.4 is 0 Å². The van der Waals surface area contributed by atoms with Crippen molar-refractivity contribution in [3.8, 4) is 28.6 Å². The molecule has 9 heteroatoms. The van der Waals surface area contributed by atoms with E-state index in [2.05, 4.69) is 53.7 Å². The van der Waals surface area contributed by atoms with E-state index in [9.17, 15) is 31.6 Å². The van der Waals surface area contributed by atoms with Crippen LogP contribution >= 0.6 is 0 Å². The van der Waals surface area contributed by atoms with Gasteiger partial charge in [0.05, 0.1) is 56.2 Å². The molecule has 2 aromatic heterocycles. The van der Waals surface area contributed by atoms with Gasteiger partial charge in [-0.1, -0.05) is 108 Å². The minimum atomic E-state index is -5.16. The van der Waals surface area contributed by atoms with Crippen molar-refractivity contribution in [2.45, 2.75) is 64.7 Å². The first-order chi connectivity index (χ1) is 26.3. The lowest BCUT2D eigenvalue weighted by Gasteiger charge is -2.24. The van der Waals surface area contributed by atoms with Crippen LogP contribution in [0.4, 0.5) is 26.3 Å². The Kier molecular flexibility index (Phi) is 8.25. The standard InChI is InChI=1S/C47H37F6N3/c1-44(2,3)28-18-20-32-30-12-7-9-16-37(30)55(39(32)23-28)41-22-27(26-54)34(43-35(46(48,49)50)14-11-15-36(43)47(51,52)53)25-42(41)56-38-17-10-8-13-31(38)33-21-19-29(24-40(33)56)45(4,5)6/h7-25H,1-6H3. The van der Waals surface area contributed by atoms with Crippen LogP contribution in [0.5, 0.6) is 0 Å². The lowest BCUT2D eigenvalue weighted by molar-refractivity contribution is -0.142. The SMILES string of the molecule is CC(C)(C)c1ccc2c3ccccc3n(-c3cc(C#N)c(-c4c(C(F)(F)F)cccc4C(F)(F)F)cc3-n3c4ccccc4c4ccc(C(C)(C)C)cc43)c2c1. The first-order valence-electron chi connectivity index (χ1n) is 18.2. The smallest absolute Gasteiger partial charge is 0.307 e. The molecule has 0 aliphatic rings. The molecule has 282 valence electrons. The van der Waals surface area contributed by atoms with E-state index in [0.29, 0.717) is 34.5 Å². The predicted molar refractivity (Wildman–Crippen MR) is 213 cm³/mol. The van der Waals surface area contributed by atoms with Crippen LogP contribution in [0.2, 0.25) is 0 Å². The summed E-state index contributed by atoms with van der Waals surface area (Å²) >= 11 is 0. The Bertz CT molecular complexity index is 2890. The first kappa shape index (κ1) is 36.9. The Morgan fingerprint density at radius 1 is 0.464 bits per heavy atom. The second kappa shape index (κ2) is 12.5. The molecule has 0 saturated carbocycles. The third-order valence-corrected chi connectivity index (χ3v) is 10.7. The van der Waals surface area contributed by atoms with E-state index in [1.165, 1.54) is 12.1 Å². The van der Waals surface area contributed by atoms with Gasteiger partial charge in [-0.2, -0.15) is 31.6 Å². The average molecular weight is 758 g/mol. The van der Waals surface area contributed by atoms with Crippen LogP contribution in [0.15, 0.2) is 115 Å². The predicted octanol–water partition coefficient (Wildman–Crippen LogP) is 14.1. The number of aromatic nitrogens is 2. The fourth-order valence-electron chi connectivity index (χ4n) is 7.94. The zero-order chi connectivity index (χ0) is 40.1. The quantitative estimate of drug-likeness (QED) is 0.165. The zero-order valence-corrected chi connectivity index (χ0v) is 31.6. The molecule has 8 rings (SSSR count). The van der Waals surface area contributed by atoms with Gasteiger partial charge < -0.3 is 9.13 Å². The molecule has 0 aliphatic heterocycles. The van der Waals surface area contributed by atoms with E-state index in [1.807, 2.05) is 88.0 Å². The van der Waals surface area contributed by atoms with Gasteiger partial charge in [-0.15, -0.1) is 0 Å². The highest BCUT2D eigenvalue weighted by atomic mass is 19.4. The molecule has 0 radical (unpaired) electrons. The van der Waals surface area contributed by atoms with Crippen molar-refractivity contribution in [1.29, 1.82) is 5.26 Å². The Hall–Kier alpha value is -6.01. The van der Waals surface area contributed by atoms with Gasteiger partial charge in [-0.25, -0.2) is 0 Å². The van der Waals surface area contributed by atoms with Gasteiger partial charge in [0.2, 0.25) is 0 Å². The van der Waals surface area contributed by atoms with Gasteiger partial charge >= 0.3 is 12.4 Å². The van der Waals surface area contributed by atoms with Gasteiger partial charge in [-0.05, 0) is 70.5 Å². The number of hydrogen-bond acceptors (Lipinski definition) is 1. The highest BCUT2D eigenvalue weighted by molar-refractivity contribution is 6.12. The molecule has 0 unspecified atom stereocenters. The lowest BCUT2D eigenvalue weighted by atomic mass is 9.86. The van der Waals surface area contributed by atoms with Gasteiger partial charge in [0.25, 0.3) is 0 Å². The summed E-state index contributed by atoms with van der Waals surface area (Å²) in [5, 5.41) is 14.2. The minimum absolute atomic E-state index is 0.258. The summed E-state index contributed by atoms with van der Waals surface area (Å²) in [5.41, 5.74) is 0.273. The number of fused-ring (bicyclic) bond motifs is 6. The summed E-state index contributed by atoms with van der Waals surface area (Å²) < 4.78 is 92.8. The molecule has 0 N–H and O–H groups in total. The number of nitrogens with zero attached hydrogens (tertiary/aromatic N) is 3. The summed E-state index contributed by atoms with van der Waals surface area (Å²) in [4.78, 5) is 0. The number of para-hydroxylation sites is 2. The first-order valence-corrected chi connectivity index (χ1v) is 18.2. The van der Waals surface area contributed by atoms with Crippen LogP contribution in [-0.2, 0) is 23.2 Å². The molecular formula is C47H37F6N3. The molecule has 8 aromatic rings. The second-order valence-electron chi connectivity index (χ2n) is 16.4. The van der Waals surface area contributed by atoms with Crippen molar-refractivity contribution in [3.05, 3.63) is 143 Å². The molecule has 56 heavy (non-hydrogen) atoms. The number of rotatable bonds is 3. The average Bonchev–Trinajstić information content (AvgIpc) is 3.64. The van der Waals surface area contributed by atoms with Crippen LogP contribution in [-0.4, -0.2) is 9.13 Å². The minimum Gasteiger partial charge on any atom is -0.307 e. The molecule has 3 nitrogen and oxygen atoms in total. The molecular weight excluding hydrogens is 721 g/mol. The number of halogens is 6. The molecule has 0 amide bonds. The topological polar surface area (TPSA) is 33.6 Å². The monoisotopic (exact) mass is 757 g/mol. The van der Waals surface area contributed by atoms with Crippen molar-refractivity contribution in [3.63, 3.8) is 0 Å². The highest BCUT2D eigenvalue weighted by Crippen LogP contribution is 2.48. The summed E-state index contributed by atoms with van der Waals surface area (Å²) in [6, 6.07) is 34.4. The van der Waals surface area contributed by atoms with Crippen molar-refractivity contribution < 1.29 is 26.3 Å². The van der Waals surface area contributed by atoms with E-state index in [4.69, 9.17) is 0 Å². The zero-order valence-electron chi connectivity index (χ0n) is 31.6. The maximum absolute atomic E-state index is 14.8. The molecule has 0 saturated heterocycles. The van der Waals surface area contributed by atoms with Crippen molar-refractivity contribution in [1.82, 2.24) is 9.13 Å². The van der Waals surface area contributed by atoms with E-state index < -0.39 is 34.6 Å². The number of hydrogen-bond donors (Lipinski definition) is 0. The fourth-order valence-corrected chi connectivity index (χ4v) is 7.94. The van der Waals surface area contributed by atoms with Crippen molar-refractivity contribution >= 4 is 43.6 Å². The number of nitriles is 1. The van der Waals surface area contributed by atoms with E-state index in [0.717, 1.165) is 49.8 Å². The van der Waals surface area contributed by atoms with Crippen molar-refractivity contribution in [2.24, 2.45) is 0 Å². The molecule has 6 aromatic carbocycles. The number of benzene rings is 6. The Balaban J connectivity index is 1.63. The van der Waals surface area contributed by atoms with Crippen LogP contribution in [0.3, 0.4) is 0 Å². The lowest BCUT2D eigenvalue weighted by Crippen LogP contribution is -2.15. The third-order valence-electron chi connectivity index (χ3n) is 10.7. The molecule has 0 atom stereocenters. The van der Waals surface area contributed by atoms with Crippen molar-refractivity contribution in [2.75, 3.05) is 0 Å². The van der Waals surface area contributed by atoms with Gasteiger partial charge in [0, 0.05) is 32.7 Å². The number of alkyl halides is 6. The van der Waals surface area contributed by atoms with Crippen LogP contribution in [0, 0.1) is 11.3 Å². The molecule has 2 heterocycles. The van der Waals surface area contributed by atoms with Gasteiger partial charge in [0.1, 0.15) is 0 Å². The Morgan fingerprint density at radius 3 is 1.29 bits per heavy atom. The van der Waals surface area contributed by atoms with Gasteiger partial charge in [-0.3, -0.25) is 0 Å².